The summed E-state index contributed by atoms with van der Waals surface area (Å²) in [4.78, 5) is 10.9. The Balaban J connectivity index is 2.46. The molecule has 0 heterocycles. The Labute approximate surface area is 85.1 Å². The molecule has 1 aromatic rings. The van der Waals surface area contributed by atoms with Crippen LogP contribution in [0.2, 0.25) is 0 Å². The minimum Gasteiger partial charge on any atom is -0.299 e. The molecule has 0 bridgehead atoms. The van der Waals surface area contributed by atoms with Gasteiger partial charge in [0, 0.05) is 6.42 Å². The number of hydrogen-bond acceptors (Lipinski definition) is 1. The van der Waals surface area contributed by atoms with Gasteiger partial charge in [-0.05, 0) is 24.1 Å². The quantitative estimate of drug-likeness (QED) is 0.745. The van der Waals surface area contributed by atoms with E-state index in [1.165, 1.54) is 12.1 Å². The molecule has 0 amide bonds. The van der Waals surface area contributed by atoms with Crippen LogP contribution in [0.15, 0.2) is 24.3 Å². The predicted octanol–water partition coefficient (Wildman–Crippen LogP) is 2.72. The van der Waals surface area contributed by atoms with E-state index < -0.39 is 0 Å². The SMILES string of the molecule is O=C(CBr)CCc1ccc(F)cc1. The Hall–Kier alpha value is -0.700. The van der Waals surface area contributed by atoms with Crippen molar-refractivity contribution >= 4 is 21.7 Å². The van der Waals surface area contributed by atoms with Crippen LogP contribution in [0.1, 0.15) is 12.0 Å². The van der Waals surface area contributed by atoms with Crippen LogP contribution < -0.4 is 0 Å². The molecule has 0 unspecified atom stereocenters. The number of carbonyl (C=O) groups is 1. The highest BCUT2D eigenvalue weighted by Crippen LogP contribution is 2.06. The number of aryl methyl sites for hydroxylation is 1. The number of rotatable bonds is 4. The number of alkyl halides is 1. The van der Waals surface area contributed by atoms with Gasteiger partial charge in [0.2, 0.25) is 0 Å². The third-order valence-electron chi connectivity index (χ3n) is 1.75. The number of hydrogen-bond donors (Lipinski definition) is 0. The van der Waals surface area contributed by atoms with E-state index >= 15 is 0 Å². The fourth-order valence-corrected chi connectivity index (χ4v) is 1.28. The molecule has 1 aromatic carbocycles. The summed E-state index contributed by atoms with van der Waals surface area (Å²) in [5, 5.41) is 0.397. The number of Topliss-reactive ketones (excluding diaryl/α,β-unsaturated/α-hetero) is 1. The molecule has 1 rings (SSSR count). The molecule has 0 aliphatic carbocycles. The Kier molecular flexibility index (Phi) is 4.09. The van der Waals surface area contributed by atoms with Gasteiger partial charge in [0.15, 0.2) is 0 Å². The summed E-state index contributed by atoms with van der Waals surface area (Å²) in [6.45, 7) is 0. The molecule has 0 N–H and O–H groups in total. The maximum Gasteiger partial charge on any atom is 0.143 e. The highest BCUT2D eigenvalue weighted by molar-refractivity contribution is 9.09. The van der Waals surface area contributed by atoms with Crippen molar-refractivity contribution < 1.29 is 9.18 Å². The third-order valence-corrected chi connectivity index (χ3v) is 2.38. The summed E-state index contributed by atoms with van der Waals surface area (Å²) < 4.78 is 12.5. The van der Waals surface area contributed by atoms with Crippen LogP contribution in [0.3, 0.4) is 0 Å². The molecular formula is C10H10BrFO. The molecule has 0 saturated carbocycles. The minimum absolute atomic E-state index is 0.171. The molecule has 0 aliphatic heterocycles. The lowest BCUT2D eigenvalue weighted by atomic mass is 10.1. The summed E-state index contributed by atoms with van der Waals surface area (Å²) >= 11 is 3.09. The van der Waals surface area contributed by atoms with E-state index in [0.29, 0.717) is 18.2 Å². The van der Waals surface area contributed by atoms with Crippen molar-refractivity contribution in [2.24, 2.45) is 0 Å². The molecule has 0 fully saturated rings. The Morgan fingerprint density at radius 2 is 1.92 bits per heavy atom. The van der Waals surface area contributed by atoms with E-state index in [-0.39, 0.29) is 11.6 Å². The zero-order chi connectivity index (χ0) is 9.68. The van der Waals surface area contributed by atoms with Gasteiger partial charge < -0.3 is 0 Å². The van der Waals surface area contributed by atoms with E-state index in [4.69, 9.17) is 0 Å². The fourth-order valence-electron chi connectivity index (χ4n) is 1.00. The predicted molar refractivity (Wildman–Crippen MR) is 53.5 cm³/mol. The molecule has 13 heavy (non-hydrogen) atoms. The average molecular weight is 245 g/mol. The van der Waals surface area contributed by atoms with Crippen LogP contribution in [0.5, 0.6) is 0 Å². The van der Waals surface area contributed by atoms with Crippen molar-refractivity contribution in [1.82, 2.24) is 0 Å². The average Bonchev–Trinajstić information content (AvgIpc) is 2.16. The second-order valence-electron chi connectivity index (χ2n) is 2.80. The smallest absolute Gasteiger partial charge is 0.143 e. The highest BCUT2D eigenvalue weighted by atomic mass is 79.9. The fraction of sp³-hybridized carbons (Fsp3) is 0.300. The maximum absolute atomic E-state index is 12.5. The third kappa shape index (κ3) is 3.68. The van der Waals surface area contributed by atoms with E-state index in [9.17, 15) is 9.18 Å². The van der Waals surface area contributed by atoms with Crippen molar-refractivity contribution in [2.75, 3.05) is 5.33 Å². The van der Waals surface area contributed by atoms with E-state index in [2.05, 4.69) is 15.9 Å². The second kappa shape index (κ2) is 5.12. The van der Waals surface area contributed by atoms with Gasteiger partial charge >= 0.3 is 0 Å². The molecule has 1 nitrogen and oxygen atoms in total. The first-order chi connectivity index (χ1) is 6.22. The summed E-state index contributed by atoms with van der Waals surface area (Å²) in [6, 6.07) is 6.23. The van der Waals surface area contributed by atoms with Gasteiger partial charge in [-0.1, -0.05) is 28.1 Å². The standard InChI is InChI=1S/C10H10BrFO/c11-7-10(13)6-3-8-1-4-9(12)5-2-8/h1-2,4-5H,3,6-7H2. The molecule has 0 atom stereocenters. The van der Waals surface area contributed by atoms with Crippen LogP contribution in [0.25, 0.3) is 0 Å². The topological polar surface area (TPSA) is 17.1 Å². The van der Waals surface area contributed by atoms with Gasteiger partial charge in [0.25, 0.3) is 0 Å². The van der Waals surface area contributed by atoms with Gasteiger partial charge in [-0.15, -0.1) is 0 Å². The molecule has 0 aliphatic rings. The number of carbonyl (C=O) groups excluding carboxylic acids is 1. The van der Waals surface area contributed by atoms with Crippen molar-refractivity contribution in [3.63, 3.8) is 0 Å². The lowest BCUT2D eigenvalue weighted by molar-refractivity contribution is -0.116. The summed E-state index contributed by atoms with van der Waals surface area (Å²) in [5.41, 5.74) is 0.996. The number of ketones is 1. The Morgan fingerprint density at radius 3 is 2.46 bits per heavy atom. The van der Waals surface area contributed by atoms with Gasteiger partial charge in [-0.2, -0.15) is 0 Å². The molecule has 0 aromatic heterocycles. The zero-order valence-corrected chi connectivity index (χ0v) is 8.68. The lowest BCUT2D eigenvalue weighted by Crippen LogP contribution is -2.00. The van der Waals surface area contributed by atoms with Crippen LogP contribution in [0, 0.1) is 5.82 Å². The van der Waals surface area contributed by atoms with Crippen LogP contribution in [0.4, 0.5) is 4.39 Å². The molecule has 0 saturated heterocycles. The summed E-state index contributed by atoms with van der Waals surface area (Å²) in [7, 11) is 0. The van der Waals surface area contributed by atoms with E-state index in [0.717, 1.165) is 5.56 Å². The highest BCUT2D eigenvalue weighted by Gasteiger charge is 2.00. The molecule has 70 valence electrons. The second-order valence-corrected chi connectivity index (χ2v) is 3.36. The largest absolute Gasteiger partial charge is 0.299 e. The first kappa shape index (κ1) is 10.4. The summed E-state index contributed by atoms with van der Waals surface area (Å²) in [5.74, 6) is -0.0695. The summed E-state index contributed by atoms with van der Waals surface area (Å²) in [6.07, 6.45) is 1.20. The van der Waals surface area contributed by atoms with Crippen molar-refractivity contribution in [1.29, 1.82) is 0 Å². The molecular weight excluding hydrogens is 235 g/mol. The molecule has 0 radical (unpaired) electrons. The van der Waals surface area contributed by atoms with E-state index in [1.54, 1.807) is 12.1 Å². The van der Waals surface area contributed by atoms with Crippen LogP contribution in [-0.2, 0) is 11.2 Å². The Bertz CT molecular complexity index is 281. The van der Waals surface area contributed by atoms with Crippen molar-refractivity contribution in [3.05, 3.63) is 35.6 Å². The zero-order valence-electron chi connectivity index (χ0n) is 7.09. The first-order valence-corrected chi connectivity index (χ1v) is 5.16. The Morgan fingerprint density at radius 1 is 1.31 bits per heavy atom. The minimum atomic E-state index is -0.240. The normalized spacial score (nSPS) is 10.0. The first-order valence-electron chi connectivity index (χ1n) is 4.04. The van der Waals surface area contributed by atoms with Gasteiger partial charge in [-0.25, -0.2) is 4.39 Å². The van der Waals surface area contributed by atoms with Crippen LogP contribution >= 0.6 is 15.9 Å². The lowest BCUT2D eigenvalue weighted by Gasteiger charge is -1.98. The van der Waals surface area contributed by atoms with Crippen molar-refractivity contribution in [2.45, 2.75) is 12.8 Å². The van der Waals surface area contributed by atoms with Gasteiger partial charge in [0.05, 0.1) is 5.33 Å². The molecule has 0 spiro atoms. The number of halogens is 2. The van der Waals surface area contributed by atoms with Crippen LogP contribution in [-0.4, -0.2) is 11.1 Å². The van der Waals surface area contributed by atoms with Gasteiger partial charge in [-0.3, -0.25) is 4.79 Å². The maximum atomic E-state index is 12.5. The monoisotopic (exact) mass is 244 g/mol. The van der Waals surface area contributed by atoms with E-state index in [1.807, 2.05) is 0 Å². The number of benzene rings is 1. The van der Waals surface area contributed by atoms with Crippen molar-refractivity contribution in [3.8, 4) is 0 Å². The molecule has 3 heteroatoms. The van der Waals surface area contributed by atoms with Gasteiger partial charge in [0.1, 0.15) is 11.6 Å².